The lowest BCUT2D eigenvalue weighted by atomic mass is 10.2. The van der Waals surface area contributed by atoms with Crippen LogP contribution in [0.4, 0.5) is 0 Å². The van der Waals surface area contributed by atoms with Gasteiger partial charge in [-0.05, 0) is 30.5 Å². The van der Waals surface area contributed by atoms with E-state index in [4.69, 9.17) is 5.26 Å². The van der Waals surface area contributed by atoms with Crippen LogP contribution in [0.15, 0.2) is 35.8 Å². The smallest absolute Gasteiger partial charge is 0.137 e. The zero-order valence-electron chi connectivity index (χ0n) is 9.21. The van der Waals surface area contributed by atoms with Gasteiger partial charge in [0.15, 0.2) is 0 Å². The van der Waals surface area contributed by atoms with Crippen LogP contribution >= 0.6 is 11.3 Å². The summed E-state index contributed by atoms with van der Waals surface area (Å²) in [6.45, 7) is 1.94. The molecule has 0 aliphatic rings. The molecule has 0 saturated carbocycles. The van der Waals surface area contributed by atoms with E-state index in [0.29, 0.717) is 5.56 Å². The molecule has 0 saturated heterocycles. The van der Waals surface area contributed by atoms with Crippen LogP contribution in [-0.4, -0.2) is 9.38 Å². The first kappa shape index (κ1) is 10.1. The van der Waals surface area contributed by atoms with Gasteiger partial charge in [0.05, 0.1) is 16.1 Å². The Bertz CT molecular complexity index is 717. The monoisotopic (exact) mass is 239 g/mol. The van der Waals surface area contributed by atoms with Gasteiger partial charge < -0.3 is 4.40 Å². The normalized spacial score (nSPS) is 10.6. The molecule has 3 heterocycles. The topological polar surface area (TPSA) is 41.1 Å². The molecule has 0 radical (unpaired) electrons. The Labute approximate surface area is 103 Å². The maximum Gasteiger partial charge on any atom is 0.137 e. The van der Waals surface area contributed by atoms with E-state index >= 15 is 0 Å². The van der Waals surface area contributed by atoms with Gasteiger partial charge in [0.25, 0.3) is 0 Å². The van der Waals surface area contributed by atoms with Crippen molar-refractivity contribution in [3.63, 3.8) is 0 Å². The molecular formula is C13H9N3S. The lowest BCUT2D eigenvalue weighted by Crippen LogP contribution is -1.93. The third kappa shape index (κ3) is 1.52. The van der Waals surface area contributed by atoms with Crippen molar-refractivity contribution in [2.24, 2.45) is 0 Å². The average molecular weight is 239 g/mol. The summed E-state index contributed by atoms with van der Waals surface area (Å²) < 4.78 is 1.97. The predicted molar refractivity (Wildman–Crippen MR) is 68.0 cm³/mol. The minimum atomic E-state index is 0.688. The summed E-state index contributed by atoms with van der Waals surface area (Å²) in [4.78, 5) is 5.70. The molecule has 82 valence electrons. The zero-order valence-corrected chi connectivity index (χ0v) is 10.0. The molecular weight excluding hydrogens is 230 g/mol. The summed E-state index contributed by atoms with van der Waals surface area (Å²) in [6, 6.07) is 9.94. The molecule has 3 rings (SSSR count). The third-order valence-electron chi connectivity index (χ3n) is 2.78. The van der Waals surface area contributed by atoms with E-state index in [-0.39, 0.29) is 0 Å². The van der Waals surface area contributed by atoms with Gasteiger partial charge in [0.2, 0.25) is 0 Å². The van der Waals surface area contributed by atoms with Gasteiger partial charge in [0.1, 0.15) is 11.7 Å². The number of thiophene rings is 1. The lowest BCUT2D eigenvalue weighted by Gasteiger charge is -2.00. The van der Waals surface area contributed by atoms with E-state index in [1.807, 2.05) is 47.2 Å². The van der Waals surface area contributed by atoms with Crippen molar-refractivity contribution in [3.05, 3.63) is 47.1 Å². The van der Waals surface area contributed by atoms with Crippen molar-refractivity contribution in [1.29, 1.82) is 5.26 Å². The van der Waals surface area contributed by atoms with Gasteiger partial charge in [-0.1, -0.05) is 6.07 Å². The Balaban J connectivity index is 2.27. The standard InChI is InChI=1S/C13H9N3S/c1-9-10(7-14)4-5-13-15-11(8-16(9)13)12-3-2-6-17-12/h2-6,8H,1H3. The highest BCUT2D eigenvalue weighted by Gasteiger charge is 2.08. The van der Waals surface area contributed by atoms with Gasteiger partial charge in [-0.15, -0.1) is 11.3 Å². The maximum absolute atomic E-state index is 8.99. The van der Waals surface area contributed by atoms with Crippen molar-refractivity contribution >= 4 is 17.0 Å². The van der Waals surface area contributed by atoms with Crippen LogP contribution in [0.25, 0.3) is 16.2 Å². The number of fused-ring (bicyclic) bond motifs is 1. The van der Waals surface area contributed by atoms with E-state index in [0.717, 1.165) is 21.9 Å². The number of nitrogens with zero attached hydrogens (tertiary/aromatic N) is 3. The highest BCUT2D eigenvalue weighted by molar-refractivity contribution is 7.13. The number of hydrogen-bond acceptors (Lipinski definition) is 3. The van der Waals surface area contributed by atoms with Crippen LogP contribution < -0.4 is 0 Å². The van der Waals surface area contributed by atoms with Crippen molar-refractivity contribution in [1.82, 2.24) is 9.38 Å². The highest BCUT2D eigenvalue weighted by atomic mass is 32.1. The summed E-state index contributed by atoms with van der Waals surface area (Å²) in [7, 11) is 0. The molecule has 17 heavy (non-hydrogen) atoms. The van der Waals surface area contributed by atoms with E-state index in [1.165, 1.54) is 0 Å². The molecule has 3 aromatic heterocycles. The molecule has 0 amide bonds. The van der Waals surface area contributed by atoms with Gasteiger partial charge in [-0.25, -0.2) is 4.98 Å². The summed E-state index contributed by atoms with van der Waals surface area (Å²) in [5.74, 6) is 0. The number of imidazole rings is 1. The molecule has 0 aromatic carbocycles. The number of rotatable bonds is 1. The van der Waals surface area contributed by atoms with Gasteiger partial charge >= 0.3 is 0 Å². The molecule has 0 fully saturated rings. The fourth-order valence-electron chi connectivity index (χ4n) is 1.85. The molecule has 3 aromatic rings. The molecule has 0 aliphatic carbocycles. The molecule has 0 N–H and O–H groups in total. The summed E-state index contributed by atoms with van der Waals surface area (Å²) in [6.07, 6.45) is 1.98. The zero-order chi connectivity index (χ0) is 11.8. The number of aromatic nitrogens is 2. The first-order chi connectivity index (χ1) is 8.29. The fraction of sp³-hybridized carbons (Fsp3) is 0.0769. The second-order valence-corrected chi connectivity index (χ2v) is 4.72. The lowest BCUT2D eigenvalue weighted by molar-refractivity contribution is 1.08. The van der Waals surface area contributed by atoms with E-state index in [2.05, 4.69) is 11.1 Å². The summed E-state index contributed by atoms with van der Waals surface area (Å²) in [5, 5.41) is 11.0. The molecule has 0 spiro atoms. The second-order valence-electron chi connectivity index (χ2n) is 3.78. The maximum atomic E-state index is 8.99. The van der Waals surface area contributed by atoms with Gasteiger partial charge in [-0.2, -0.15) is 5.26 Å². The van der Waals surface area contributed by atoms with Gasteiger partial charge in [-0.3, -0.25) is 0 Å². The number of pyridine rings is 1. The Morgan fingerprint density at radius 1 is 1.35 bits per heavy atom. The minimum Gasteiger partial charge on any atom is -0.302 e. The van der Waals surface area contributed by atoms with E-state index < -0.39 is 0 Å². The van der Waals surface area contributed by atoms with Crippen molar-refractivity contribution in [2.45, 2.75) is 6.92 Å². The van der Waals surface area contributed by atoms with Gasteiger partial charge in [0, 0.05) is 11.9 Å². The number of nitriles is 1. The first-order valence-electron chi connectivity index (χ1n) is 5.22. The molecule has 0 unspecified atom stereocenters. The Kier molecular flexibility index (Phi) is 2.20. The van der Waals surface area contributed by atoms with Crippen molar-refractivity contribution < 1.29 is 0 Å². The van der Waals surface area contributed by atoms with Crippen LogP contribution in [0.2, 0.25) is 0 Å². The summed E-state index contributed by atoms with van der Waals surface area (Å²) in [5.41, 5.74) is 3.45. The van der Waals surface area contributed by atoms with Crippen LogP contribution in [0.3, 0.4) is 0 Å². The first-order valence-corrected chi connectivity index (χ1v) is 6.10. The SMILES string of the molecule is Cc1c(C#N)ccc2nc(-c3cccs3)cn12. The molecule has 3 nitrogen and oxygen atoms in total. The molecule has 0 bridgehead atoms. The van der Waals surface area contributed by atoms with Crippen molar-refractivity contribution in [3.8, 4) is 16.6 Å². The molecule has 4 heteroatoms. The Hall–Kier alpha value is -2.12. The van der Waals surface area contributed by atoms with E-state index in [9.17, 15) is 0 Å². The van der Waals surface area contributed by atoms with Crippen LogP contribution in [0.5, 0.6) is 0 Å². The third-order valence-corrected chi connectivity index (χ3v) is 3.67. The largest absolute Gasteiger partial charge is 0.302 e. The Morgan fingerprint density at radius 2 is 2.24 bits per heavy atom. The van der Waals surface area contributed by atoms with E-state index in [1.54, 1.807) is 11.3 Å². The number of aryl methyl sites for hydroxylation is 1. The van der Waals surface area contributed by atoms with Crippen LogP contribution in [0, 0.1) is 18.3 Å². The number of hydrogen-bond donors (Lipinski definition) is 0. The molecule has 0 aliphatic heterocycles. The highest BCUT2D eigenvalue weighted by Crippen LogP contribution is 2.25. The average Bonchev–Trinajstić information content (AvgIpc) is 2.98. The summed E-state index contributed by atoms with van der Waals surface area (Å²) >= 11 is 1.67. The van der Waals surface area contributed by atoms with Crippen LogP contribution in [-0.2, 0) is 0 Å². The quantitative estimate of drug-likeness (QED) is 0.654. The minimum absolute atomic E-state index is 0.688. The Morgan fingerprint density at radius 3 is 2.94 bits per heavy atom. The second kappa shape index (κ2) is 3.72. The fourth-order valence-corrected chi connectivity index (χ4v) is 2.53. The molecule has 0 atom stereocenters. The van der Waals surface area contributed by atoms with Crippen molar-refractivity contribution in [2.75, 3.05) is 0 Å². The van der Waals surface area contributed by atoms with Crippen LogP contribution in [0.1, 0.15) is 11.3 Å². The predicted octanol–water partition coefficient (Wildman–Crippen LogP) is 3.24.